The number of carbonyl (C=O) groups is 1. The van der Waals surface area contributed by atoms with E-state index < -0.39 is 21.0 Å². The molecule has 1 aliphatic heterocycles. The maximum absolute atomic E-state index is 11.7. The lowest BCUT2D eigenvalue weighted by molar-refractivity contribution is 0.0948. The number of rotatable bonds is 3. The fraction of sp³-hybridized carbons (Fsp3) is 0.500. The third-order valence-electron chi connectivity index (χ3n) is 2.81. The maximum Gasteiger partial charge on any atom is 0.271 e. The Labute approximate surface area is 110 Å². The van der Waals surface area contributed by atoms with Gasteiger partial charge >= 0.3 is 0 Å². The number of aromatic nitrogens is 2. The normalized spacial score (nSPS) is 21.7. The maximum atomic E-state index is 11.7. The molecule has 2 heterocycles. The highest BCUT2D eigenvalue weighted by Gasteiger charge is 2.31. The highest BCUT2D eigenvalue weighted by atomic mass is 35.5. The van der Waals surface area contributed by atoms with E-state index in [1.54, 1.807) is 0 Å². The van der Waals surface area contributed by atoms with Gasteiger partial charge in [0, 0.05) is 6.54 Å². The van der Waals surface area contributed by atoms with Crippen LogP contribution < -0.4 is 5.32 Å². The predicted molar refractivity (Wildman–Crippen MR) is 66.2 cm³/mol. The minimum absolute atomic E-state index is 0.117. The summed E-state index contributed by atoms with van der Waals surface area (Å²) in [5, 5.41) is 2.27. The number of hydrogen-bond donors (Lipinski definition) is 1. The van der Waals surface area contributed by atoms with Crippen LogP contribution in [0.3, 0.4) is 0 Å². The van der Waals surface area contributed by atoms with Crippen LogP contribution in [0.1, 0.15) is 23.3 Å². The number of hydrogen-bond acceptors (Lipinski definition) is 5. The van der Waals surface area contributed by atoms with Crippen molar-refractivity contribution < 1.29 is 13.2 Å². The lowest BCUT2D eigenvalue weighted by Crippen LogP contribution is -2.35. The van der Waals surface area contributed by atoms with Crippen LogP contribution in [0.15, 0.2) is 12.4 Å². The highest BCUT2D eigenvalue weighted by molar-refractivity contribution is 7.92. The van der Waals surface area contributed by atoms with E-state index in [4.69, 9.17) is 11.6 Å². The van der Waals surface area contributed by atoms with E-state index in [9.17, 15) is 13.2 Å². The number of amides is 1. The summed E-state index contributed by atoms with van der Waals surface area (Å²) < 4.78 is 23.1. The molecule has 1 atom stereocenters. The summed E-state index contributed by atoms with van der Waals surface area (Å²) >= 11 is 5.55. The zero-order valence-electron chi connectivity index (χ0n) is 9.47. The molecule has 6 nitrogen and oxygen atoms in total. The monoisotopic (exact) mass is 289 g/mol. The van der Waals surface area contributed by atoms with Gasteiger partial charge in [-0.1, -0.05) is 11.6 Å². The van der Waals surface area contributed by atoms with Crippen molar-refractivity contribution in [2.45, 2.75) is 18.1 Å². The molecule has 1 aliphatic rings. The Morgan fingerprint density at radius 2 is 2.22 bits per heavy atom. The molecule has 1 saturated heterocycles. The zero-order chi connectivity index (χ0) is 13.2. The van der Waals surface area contributed by atoms with Crippen LogP contribution in [0, 0.1) is 0 Å². The van der Waals surface area contributed by atoms with Gasteiger partial charge in [0.2, 0.25) is 0 Å². The van der Waals surface area contributed by atoms with Crippen LogP contribution in [0.4, 0.5) is 0 Å². The summed E-state index contributed by atoms with van der Waals surface area (Å²) in [6, 6.07) is 0. The summed E-state index contributed by atoms with van der Waals surface area (Å²) in [7, 11) is -3.04. The van der Waals surface area contributed by atoms with Crippen molar-refractivity contribution >= 4 is 27.3 Å². The summed E-state index contributed by atoms with van der Waals surface area (Å²) in [5.41, 5.74) is 0.120. The third-order valence-corrected chi connectivity index (χ3v) is 5.28. The minimum atomic E-state index is -3.04. The van der Waals surface area contributed by atoms with Gasteiger partial charge in [-0.2, -0.15) is 0 Å². The lowest BCUT2D eigenvalue weighted by atomic mass is 10.2. The van der Waals surface area contributed by atoms with Gasteiger partial charge in [0.25, 0.3) is 5.91 Å². The Balaban J connectivity index is 1.95. The van der Waals surface area contributed by atoms with Gasteiger partial charge in [-0.3, -0.25) is 4.79 Å². The summed E-state index contributed by atoms with van der Waals surface area (Å²) in [6.07, 6.45) is 3.77. The molecular weight excluding hydrogens is 278 g/mol. The van der Waals surface area contributed by atoms with Crippen LogP contribution in [-0.4, -0.2) is 41.8 Å². The average molecular weight is 290 g/mol. The molecule has 0 spiro atoms. The van der Waals surface area contributed by atoms with Crippen LogP contribution in [-0.2, 0) is 9.84 Å². The molecule has 18 heavy (non-hydrogen) atoms. The van der Waals surface area contributed by atoms with Crippen LogP contribution >= 0.6 is 11.6 Å². The zero-order valence-corrected chi connectivity index (χ0v) is 11.0. The van der Waals surface area contributed by atoms with E-state index in [-0.39, 0.29) is 23.1 Å². The topological polar surface area (TPSA) is 89.0 Å². The first-order valence-electron chi connectivity index (χ1n) is 5.46. The Bertz CT molecular complexity index is 544. The molecule has 1 N–H and O–H groups in total. The van der Waals surface area contributed by atoms with Gasteiger partial charge in [0.05, 0.1) is 23.4 Å². The second-order valence-corrected chi connectivity index (χ2v) is 6.85. The number of nitrogens with zero attached hydrogens (tertiary/aromatic N) is 2. The van der Waals surface area contributed by atoms with Gasteiger partial charge in [0.15, 0.2) is 9.84 Å². The molecule has 1 amide bonds. The largest absolute Gasteiger partial charge is 0.349 e. The standard InChI is InChI=1S/C10H12ClN3O3S/c11-9-6-12-8(5-13-9)10(15)14-4-7-2-1-3-18(7,16)17/h5-7H,1-4H2,(H,14,15). The van der Waals surface area contributed by atoms with Gasteiger partial charge in [-0.15, -0.1) is 0 Å². The molecule has 0 bridgehead atoms. The molecule has 0 aromatic carbocycles. The lowest BCUT2D eigenvalue weighted by Gasteiger charge is -2.10. The predicted octanol–water partition coefficient (Wildman–Crippen LogP) is 0.437. The molecule has 2 rings (SSSR count). The average Bonchev–Trinajstić information content (AvgIpc) is 2.66. The molecule has 8 heteroatoms. The summed E-state index contributed by atoms with van der Waals surface area (Å²) in [6.45, 7) is 0.117. The van der Waals surface area contributed by atoms with Crippen molar-refractivity contribution in [2.24, 2.45) is 0 Å². The van der Waals surface area contributed by atoms with E-state index >= 15 is 0 Å². The highest BCUT2D eigenvalue weighted by Crippen LogP contribution is 2.19. The molecule has 1 aromatic rings. The smallest absolute Gasteiger partial charge is 0.271 e. The molecule has 0 radical (unpaired) electrons. The molecular formula is C10H12ClN3O3S. The quantitative estimate of drug-likeness (QED) is 0.872. The molecule has 0 saturated carbocycles. The van der Waals surface area contributed by atoms with Crippen molar-refractivity contribution in [1.29, 1.82) is 0 Å². The first-order valence-corrected chi connectivity index (χ1v) is 7.56. The van der Waals surface area contributed by atoms with Crippen LogP contribution in [0.2, 0.25) is 5.15 Å². The van der Waals surface area contributed by atoms with Crippen molar-refractivity contribution in [3.8, 4) is 0 Å². The number of nitrogens with one attached hydrogen (secondary N) is 1. The van der Waals surface area contributed by atoms with Crippen molar-refractivity contribution in [3.05, 3.63) is 23.2 Å². The summed E-state index contributed by atoms with van der Waals surface area (Å²) in [4.78, 5) is 19.2. The molecule has 0 aliphatic carbocycles. The number of sulfone groups is 1. The second-order valence-electron chi connectivity index (χ2n) is 4.07. The summed E-state index contributed by atoms with van der Waals surface area (Å²) in [5.74, 6) is -0.241. The van der Waals surface area contributed by atoms with Crippen LogP contribution in [0.25, 0.3) is 0 Å². The number of halogens is 1. The van der Waals surface area contributed by atoms with E-state index in [0.29, 0.717) is 12.8 Å². The fourth-order valence-corrected chi connectivity index (χ4v) is 3.68. The van der Waals surface area contributed by atoms with Gasteiger partial charge in [-0.05, 0) is 12.8 Å². The molecule has 1 aromatic heterocycles. The van der Waals surface area contributed by atoms with E-state index in [1.165, 1.54) is 12.4 Å². The van der Waals surface area contributed by atoms with E-state index in [2.05, 4.69) is 15.3 Å². The first-order chi connectivity index (χ1) is 8.49. The van der Waals surface area contributed by atoms with E-state index in [1.807, 2.05) is 0 Å². The molecule has 1 fully saturated rings. The Morgan fingerprint density at radius 3 is 2.78 bits per heavy atom. The van der Waals surface area contributed by atoms with Gasteiger partial charge < -0.3 is 5.32 Å². The van der Waals surface area contributed by atoms with Crippen LogP contribution in [0.5, 0.6) is 0 Å². The Morgan fingerprint density at radius 1 is 1.44 bits per heavy atom. The second kappa shape index (κ2) is 5.19. The van der Waals surface area contributed by atoms with Gasteiger partial charge in [-0.25, -0.2) is 18.4 Å². The van der Waals surface area contributed by atoms with Gasteiger partial charge in [0.1, 0.15) is 10.8 Å². The fourth-order valence-electron chi connectivity index (χ4n) is 1.81. The van der Waals surface area contributed by atoms with Crippen molar-refractivity contribution in [1.82, 2.24) is 15.3 Å². The number of carbonyl (C=O) groups excluding carboxylic acids is 1. The van der Waals surface area contributed by atoms with Crippen molar-refractivity contribution in [2.75, 3.05) is 12.3 Å². The van der Waals surface area contributed by atoms with Crippen molar-refractivity contribution in [3.63, 3.8) is 0 Å². The third kappa shape index (κ3) is 2.97. The first kappa shape index (κ1) is 13.2. The molecule has 1 unspecified atom stereocenters. The SMILES string of the molecule is O=C(NCC1CCCS1(=O)=O)c1cnc(Cl)cn1. The minimum Gasteiger partial charge on any atom is -0.349 e. The Kier molecular flexibility index (Phi) is 3.82. The van der Waals surface area contributed by atoms with E-state index in [0.717, 1.165) is 0 Å². The molecule has 98 valence electrons. The Hall–Kier alpha value is -1.21.